The Morgan fingerprint density at radius 1 is 1.48 bits per heavy atom. The van der Waals surface area contributed by atoms with Crippen LogP contribution in [0.15, 0.2) is 40.5 Å². The molecule has 0 atom stereocenters. The number of carbonyl (C=O) groups is 1. The van der Waals surface area contributed by atoms with E-state index in [1.165, 1.54) is 12.1 Å². The molecule has 0 unspecified atom stereocenters. The van der Waals surface area contributed by atoms with E-state index in [1.807, 2.05) is 11.5 Å². The Morgan fingerprint density at radius 3 is 3.14 bits per heavy atom. The van der Waals surface area contributed by atoms with Gasteiger partial charge in [-0.15, -0.1) is 11.8 Å². The summed E-state index contributed by atoms with van der Waals surface area (Å²) in [5.74, 6) is 0.848. The molecule has 1 N–H and O–H groups in total. The fraction of sp³-hybridized carbons (Fsp3) is 0.231. The van der Waals surface area contributed by atoms with Crippen LogP contribution in [0.3, 0.4) is 0 Å². The van der Waals surface area contributed by atoms with Crippen molar-refractivity contribution < 1.29 is 9.72 Å². The van der Waals surface area contributed by atoms with Crippen LogP contribution in [0.2, 0.25) is 0 Å². The number of carbonyl (C=O) groups excluding carboxylic acids is 1. The highest BCUT2D eigenvalue weighted by molar-refractivity contribution is 8.02. The lowest BCUT2D eigenvalue weighted by Gasteiger charge is -2.31. The monoisotopic (exact) mass is 304 g/mol. The Balaban J connectivity index is 1.87. The number of hydrogen-bond donors (Lipinski definition) is 1. The van der Waals surface area contributed by atoms with Crippen LogP contribution in [0.1, 0.15) is 5.56 Å². The molecule has 2 heterocycles. The van der Waals surface area contributed by atoms with Gasteiger partial charge in [0.05, 0.1) is 16.3 Å². The molecule has 8 heteroatoms. The summed E-state index contributed by atoms with van der Waals surface area (Å²) in [6, 6.07) is 6.21. The highest BCUT2D eigenvalue weighted by Crippen LogP contribution is 2.24. The van der Waals surface area contributed by atoms with Crippen LogP contribution < -0.4 is 5.43 Å². The summed E-state index contributed by atoms with van der Waals surface area (Å²) in [7, 11) is 0. The van der Waals surface area contributed by atoms with Gasteiger partial charge in [0.15, 0.2) is 0 Å². The molecule has 0 bridgehead atoms. The number of nitrogens with zero attached hydrogens (tertiary/aromatic N) is 3. The summed E-state index contributed by atoms with van der Waals surface area (Å²) in [5.41, 5.74) is 4.81. The van der Waals surface area contributed by atoms with Crippen molar-refractivity contribution in [2.75, 3.05) is 12.3 Å². The van der Waals surface area contributed by atoms with Crippen molar-refractivity contribution in [3.8, 4) is 0 Å². The van der Waals surface area contributed by atoms with Gasteiger partial charge in [0.2, 0.25) is 0 Å². The maximum atomic E-state index is 11.7. The van der Waals surface area contributed by atoms with Gasteiger partial charge < -0.3 is 0 Å². The van der Waals surface area contributed by atoms with Crippen molar-refractivity contribution >= 4 is 29.2 Å². The van der Waals surface area contributed by atoms with E-state index in [0.29, 0.717) is 18.7 Å². The Kier molecular flexibility index (Phi) is 3.61. The standard InChI is InChI=1S/C13H12N4O3S/c18-13-15-14-11(12-8-21-5-4-16(12)13)7-9-2-1-3-10(6-9)17(19)20/h1-3,6,8H,4-5,7H2,(H,15,18). The van der Waals surface area contributed by atoms with Gasteiger partial charge in [-0.1, -0.05) is 12.1 Å². The third-order valence-corrected chi connectivity index (χ3v) is 4.05. The fourth-order valence-corrected chi connectivity index (χ4v) is 3.06. The Morgan fingerprint density at radius 2 is 2.33 bits per heavy atom. The van der Waals surface area contributed by atoms with Gasteiger partial charge in [0.1, 0.15) is 0 Å². The number of hydrogen-bond acceptors (Lipinski definition) is 5. The lowest BCUT2D eigenvalue weighted by molar-refractivity contribution is -0.384. The molecule has 0 fully saturated rings. The SMILES string of the molecule is O=C1NN=C(Cc2cccc([N+](=O)[O-])c2)C2=CSCCN12. The summed E-state index contributed by atoms with van der Waals surface area (Å²) in [4.78, 5) is 23.8. The maximum absolute atomic E-state index is 11.7. The number of urea groups is 1. The average molecular weight is 304 g/mol. The van der Waals surface area contributed by atoms with Crippen LogP contribution in [0.5, 0.6) is 0 Å². The van der Waals surface area contributed by atoms with Crippen LogP contribution >= 0.6 is 11.8 Å². The largest absolute Gasteiger partial charge is 0.342 e. The molecule has 21 heavy (non-hydrogen) atoms. The van der Waals surface area contributed by atoms with Crippen LogP contribution in [0, 0.1) is 10.1 Å². The minimum atomic E-state index is -0.421. The smallest absolute Gasteiger partial charge is 0.290 e. The van der Waals surface area contributed by atoms with Gasteiger partial charge in [-0.05, 0) is 11.0 Å². The van der Waals surface area contributed by atoms with Gasteiger partial charge in [0.25, 0.3) is 5.69 Å². The highest BCUT2D eigenvalue weighted by Gasteiger charge is 2.28. The molecule has 2 amide bonds. The normalized spacial score (nSPS) is 17.5. The number of benzene rings is 1. The average Bonchev–Trinajstić information content (AvgIpc) is 2.51. The minimum absolute atomic E-state index is 0.0526. The molecule has 0 spiro atoms. The van der Waals surface area contributed by atoms with Gasteiger partial charge in [-0.3, -0.25) is 15.0 Å². The summed E-state index contributed by atoms with van der Waals surface area (Å²) < 4.78 is 0. The zero-order valence-electron chi connectivity index (χ0n) is 11.0. The zero-order valence-corrected chi connectivity index (χ0v) is 11.8. The first-order chi connectivity index (χ1) is 10.1. The van der Waals surface area contributed by atoms with Crippen LogP contribution in [-0.2, 0) is 6.42 Å². The number of nitro groups is 1. The summed E-state index contributed by atoms with van der Waals surface area (Å²) in [6.07, 6.45) is 0.435. The molecule has 1 aromatic rings. The Labute approximate surface area is 124 Å². The van der Waals surface area contributed by atoms with E-state index in [-0.39, 0.29) is 11.7 Å². The molecule has 1 aromatic carbocycles. The van der Waals surface area contributed by atoms with E-state index in [4.69, 9.17) is 0 Å². The number of fused-ring (bicyclic) bond motifs is 1. The molecule has 2 aliphatic rings. The second-order valence-corrected chi connectivity index (χ2v) is 5.58. The first kappa shape index (κ1) is 13.6. The van der Waals surface area contributed by atoms with Crippen LogP contribution in [-0.4, -0.2) is 33.9 Å². The zero-order chi connectivity index (χ0) is 14.8. The van der Waals surface area contributed by atoms with Crippen LogP contribution in [0.4, 0.5) is 10.5 Å². The number of non-ortho nitro benzene ring substituents is 1. The lowest BCUT2D eigenvalue weighted by Crippen LogP contribution is -2.46. The van der Waals surface area contributed by atoms with Crippen molar-refractivity contribution in [2.24, 2.45) is 5.10 Å². The highest BCUT2D eigenvalue weighted by atomic mass is 32.2. The van der Waals surface area contributed by atoms with Crippen molar-refractivity contribution in [3.05, 3.63) is 51.0 Å². The maximum Gasteiger partial charge on any atom is 0.342 e. The predicted molar refractivity (Wildman–Crippen MR) is 80.0 cm³/mol. The molecule has 2 aliphatic heterocycles. The predicted octanol–water partition coefficient (Wildman–Crippen LogP) is 2.11. The van der Waals surface area contributed by atoms with E-state index in [0.717, 1.165) is 17.0 Å². The minimum Gasteiger partial charge on any atom is -0.290 e. The molecule has 0 saturated carbocycles. The van der Waals surface area contributed by atoms with Gasteiger partial charge >= 0.3 is 6.03 Å². The number of rotatable bonds is 3. The molecule has 7 nitrogen and oxygen atoms in total. The first-order valence-electron chi connectivity index (χ1n) is 6.35. The molecule has 3 rings (SSSR count). The molecule has 0 aromatic heterocycles. The van der Waals surface area contributed by atoms with E-state index in [1.54, 1.807) is 22.7 Å². The Hall–Kier alpha value is -2.35. The van der Waals surface area contributed by atoms with Gasteiger partial charge in [-0.2, -0.15) is 5.10 Å². The van der Waals surface area contributed by atoms with E-state index >= 15 is 0 Å². The number of amides is 2. The number of nitro benzene ring substituents is 1. The summed E-state index contributed by atoms with van der Waals surface area (Å²) in [5, 5.41) is 16.8. The van der Waals surface area contributed by atoms with E-state index in [9.17, 15) is 14.9 Å². The molecule has 0 saturated heterocycles. The topological polar surface area (TPSA) is 87.8 Å². The Bertz CT molecular complexity index is 671. The van der Waals surface area contributed by atoms with E-state index in [2.05, 4.69) is 10.5 Å². The molecule has 0 aliphatic carbocycles. The van der Waals surface area contributed by atoms with Crippen molar-refractivity contribution in [1.29, 1.82) is 0 Å². The summed E-state index contributed by atoms with van der Waals surface area (Å²) in [6.45, 7) is 0.635. The quantitative estimate of drug-likeness (QED) is 0.684. The molecule has 108 valence electrons. The number of allylic oxidation sites excluding steroid dienone is 1. The van der Waals surface area contributed by atoms with E-state index < -0.39 is 4.92 Å². The first-order valence-corrected chi connectivity index (χ1v) is 7.39. The molecule has 0 radical (unpaired) electrons. The van der Waals surface area contributed by atoms with Crippen molar-refractivity contribution in [2.45, 2.75) is 6.42 Å². The van der Waals surface area contributed by atoms with Crippen molar-refractivity contribution in [1.82, 2.24) is 10.3 Å². The second-order valence-electron chi connectivity index (χ2n) is 4.60. The van der Waals surface area contributed by atoms with Crippen molar-refractivity contribution in [3.63, 3.8) is 0 Å². The summed E-state index contributed by atoms with van der Waals surface area (Å²) >= 11 is 1.63. The van der Waals surface area contributed by atoms with Crippen LogP contribution in [0.25, 0.3) is 0 Å². The molecular formula is C13H12N4O3S. The number of nitrogens with one attached hydrogen (secondary N) is 1. The van der Waals surface area contributed by atoms with Gasteiger partial charge in [-0.25, -0.2) is 10.2 Å². The number of hydrazone groups is 1. The third-order valence-electron chi connectivity index (χ3n) is 3.24. The number of thioether (sulfide) groups is 1. The second kappa shape index (κ2) is 5.57. The fourth-order valence-electron chi connectivity index (χ4n) is 2.24. The third kappa shape index (κ3) is 2.75. The molecular weight excluding hydrogens is 292 g/mol. The van der Waals surface area contributed by atoms with Gasteiger partial charge in [0, 0.05) is 30.9 Å². The lowest BCUT2D eigenvalue weighted by atomic mass is 10.1.